The van der Waals surface area contributed by atoms with E-state index in [-0.39, 0.29) is 30.0 Å². The Bertz CT molecular complexity index is 844. The third kappa shape index (κ3) is 6.65. The van der Waals surface area contributed by atoms with Crippen molar-refractivity contribution in [1.82, 2.24) is 19.7 Å². The van der Waals surface area contributed by atoms with Crippen molar-refractivity contribution >= 4 is 41.7 Å². The highest BCUT2D eigenvalue weighted by Gasteiger charge is 2.17. The van der Waals surface area contributed by atoms with Crippen LogP contribution >= 0.6 is 24.0 Å². The zero-order valence-corrected chi connectivity index (χ0v) is 20.4. The molecule has 0 spiro atoms. The second-order valence-corrected chi connectivity index (χ2v) is 7.46. The quantitative estimate of drug-likeness (QED) is 0.343. The minimum atomic E-state index is -0.0150. The largest absolute Gasteiger partial charge is 0.357 e. The molecular weight excluding hydrogens is 491 g/mol. The monoisotopic (exact) mass is 524 g/mol. The Morgan fingerprint density at radius 1 is 1.20 bits per heavy atom. The molecule has 2 N–H and O–H groups in total. The minimum Gasteiger partial charge on any atom is -0.357 e. The summed E-state index contributed by atoms with van der Waals surface area (Å²) >= 11 is 0. The molecule has 0 unspecified atom stereocenters. The van der Waals surface area contributed by atoms with Crippen LogP contribution in [0, 0.1) is 0 Å². The van der Waals surface area contributed by atoms with Crippen molar-refractivity contribution in [3.05, 3.63) is 53.9 Å². The highest BCUT2D eigenvalue weighted by atomic mass is 127. The summed E-state index contributed by atoms with van der Waals surface area (Å²) in [5.41, 5.74) is 3.10. The minimum absolute atomic E-state index is 0. The van der Waals surface area contributed by atoms with Gasteiger partial charge in [0, 0.05) is 51.3 Å². The summed E-state index contributed by atoms with van der Waals surface area (Å²) in [6.07, 6.45) is 4.23. The number of urea groups is 1. The number of benzene rings is 1. The van der Waals surface area contributed by atoms with Gasteiger partial charge in [-0.05, 0) is 49.6 Å². The molecule has 1 fully saturated rings. The summed E-state index contributed by atoms with van der Waals surface area (Å²) in [4.78, 5) is 21.1. The van der Waals surface area contributed by atoms with E-state index in [1.807, 2.05) is 36.2 Å². The zero-order chi connectivity index (χ0) is 20.6. The molecule has 0 aliphatic carbocycles. The van der Waals surface area contributed by atoms with E-state index < -0.39 is 0 Å². The lowest BCUT2D eigenvalue weighted by atomic mass is 10.2. The van der Waals surface area contributed by atoms with Crippen LogP contribution in [-0.4, -0.2) is 53.0 Å². The van der Waals surface area contributed by atoms with E-state index in [0.29, 0.717) is 6.54 Å². The predicted octanol–water partition coefficient (Wildman–Crippen LogP) is 3.87. The van der Waals surface area contributed by atoms with Crippen molar-refractivity contribution in [1.29, 1.82) is 0 Å². The van der Waals surface area contributed by atoms with E-state index in [1.165, 1.54) is 5.69 Å². The second kappa shape index (κ2) is 11.8. The van der Waals surface area contributed by atoms with E-state index in [0.717, 1.165) is 56.2 Å². The zero-order valence-electron chi connectivity index (χ0n) is 18.1. The van der Waals surface area contributed by atoms with E-state index in [2.05, 4.69) is 52.4 Å². The van der Waals surface area contributed by atoms with Crippen LogP contribution in [0.25, 0.3) is 0 Å². The van der Waals surface area contributed by atoms with Gasteiger partial charge in [0.1, 0.15) is 0 Å². The molecule has 7 nitrogen and oxygen atoms in total. The fourth-order valence-electron chi connectivity index (χ4n) is 3.48. The van der Waals surface area contributed by atoms with Crippen molar-refractivity contribution in [2.75, 3.05) is 32.0 Å². The molecule has 3 rings (SSSR count). The molecule has 1 aromatic carbocycles. The molecule has 1 saturated heterocycles. The van der Waals surface area contributed by atoms with Gasteiger partial charge in [-0.2, -0.15) is 0 Å². The van der Waals surface area contributed by atoms with Gasteiger partial charge in [-0.3, -0.25) is 0 Å². The van der Waals surface area contributed by atoms with Gasteiger partial charge in [0.25, 0.3) is 0 Å². The first-order chi connectivity index (χ1) is 14.1. The van der Waals surface area contributed by atoms with E-state index >= 15 is 0 Å². The van der Waals surface area contributed by atoms with Crippen molar-refractivity contribution in [2.45, 2.75) is 32.9 Å². The topological polar surface area (TPSA) is 64.9 Å². The van der Waals surface area contributed by atoms with Crippen LogP contribution in [0.3, 0.4) is 0 Å². The van der Waals surface area contributed by atoms with E-state index in [1.54, 1.807) is 0 Å². The van der Waals surface area contributed by atoms with Gasteiger partial charge >= 0.3 is 6.03 Å². The number of aryl methyl sites for hydroxylation is 1. The molecule has 1 aromatic heterocycles. The molecule has 0 radical (unpaired) electrons. The number of aliphatic imine (C=N–C) groups is 1. The lowest BCUT2D eigenvalue weighted by Crippen LogP contribution is -2.38. The molecule has 164 valence electrons. The number of amides is 2. The number of nitrogens with one attached hydrogen (secondary N) is 2. The summed E-state index contributed by atoms with van der Waals surface area (Å²) in [5, 5.41) is 6.36. The lowest BCUT2D eigenvalue weighted by molar-refractivity contribution is 0.222. The smallest absolute Gasteiger partial charge is 0.321 e. The summed E-state index contributed by atoms with van der Waals surface area (Å²) in [6.45, 7) is 5.89. The molecule has 8 heteroatoms. The molecule has 0 bridgehead atoms. The van der Waals surface area contributed by atoms with Crippen LogP contribution < -0.4 is 10.6 Å². The Hall–Kier alpha value is -2.23. The molecule has 30 heavy (non-hydrogen) atoms. The van der Waals surface area contributed by atoms with Crippen molar-refractivity contribution < 1.29 is 4.79 Å². The third-order valence-corrected chi connectivity index (χ3v) is 5.13. The van der Waals surface area contributed by atoms with E-state index in [9.17, 15) is 4.79 Å². The maximum absolute atomic E-state index is 12.3. The van der Waals surface area contributed by atoms with Crippen LogP contribution in [-0.2, 0) is 20.1 Å². The first-order valence-corrected chi connectivity index (χ1v) is 10.3. The standard InChI is InChI=1S/C22H32N6O.HI/c1-4-23-21(27(3)17-20-11-8-12-26(20)2)24-16-18-9-7-10-19(15-18)25-22(29)28-13-5-6-14-28;/h7-12,15H,4-6,13-14,16-17H2,1-3H3,(H,23,24)(H,25,29);1H. The summed E-state index contributed by atoms with van der Waals surface area (Å²) in [7, 11) is 4.09. The Balaban J connectivity index is 0.00000320. The summed E-state index contributed by atoms with van der Waals surface area (Å²) in [6, 6.07) is 12.1. The van der Waals surface area contributed by atoms with Gasteiger partial charge < -0.3 is 25.0 Å². The van der Waals surface area contributed by atoms with Gasteiger partial charge in [-0.15, -0.1) is 24.0 Å². The molecule has 1 aliphatic rings. The van der Waals surface area contributed by atoms with Crippen LogP contribution in [0.1, 0.15) is 31.0 Å². The number of likely N-dealkylation sites (tertiary alicyclic amines) is 1. The number of aromatic nitrogens is 1. The third-order valence-electron chi connectivity index (χ3n) is 5.13. The predicted molar refractivity (Wildman–Crippen MR) is 133 cm³/mol. The SMILES string of the molecule is CCNC(=NCc1cccc(NC(=O)N2CCCC2)c1)N(C)Cc1cccn1C.I. The van der Waals surface area contributed by atoms with Crippen LogP contribution in [0.15, 0.2) is 47.6 Å². The highest BCUT2D eigenvalue weighted by Crippen LogP contribution is 2.15. The number of carbonyl (C=O) groups is 1. The van der Waals surface area contributed by atoms with Gasteiger partial charge in [0.05, 0.1) is 13.1 Å². The Morgan fingerprint density at radius 2 is 1.97 bits per heavy atom. The number of rotatable bonds is 6. The normalized spacial score (nSPS) is 13.7. The molecule has 2 amide bonds. The van der Waals surface area contributed by atoms with Gasteiger partial charge in [0.2, 0.25) is 0 Å². The molecule has 0 saturated carbocycles. The van der Waals surface area contributed by atoms with Crippen LogP contribution in [0.4, 0.5) is 10.5 Å². The molecule has 2 aromatic rings. The van der Waals surface area contributed by atoms with Gasteiger partial charge in [0.15, 0.2) is 5.96 Å². The Morgan fingerprint density at radius 3 is 2.63 bits per heavy atom. The number of carbonyl (C=O) groups excluding carboxylic acids is 1. The average Bonchev–Trinajstić information content (AvgIpc) is 3.38. The maximum Gasteiger partial charge on any atom is 0.321 e. The first kappa shape index (κ1) is 24.0. The number of halogens is 1. The van der Waals surface area contributed by atoms with Crippen molar-refractivity contribution in [3.8, 4) is 0 Å². The Kier molecular flexibility index (Phi) is 9.48. The van der Waals surface area contributed by atoms with E-state index in [4.69, 9.17) is 4.99 Å². The van der Waals surface area contributed by atoms with Crippen molar-refractivity contribution in [2.24, 2.45) is 12.0 Å². The molecule has 1 aliphatic heterocycles. The number of hydrogen-bond acceptors (Lipinski definition) is 2. The maximum atomic E-state index is 12.3. The fraction of sp³-hybridized carbons (Fsp3) is 0.455. The Labute approximate surface area is 196 Å². The molecule has 0 atom stereocenters. The molecule has 2 heterocycles. The number of hydrogen-bond donors (Lipinski definition) is 2. The number of guanidine groups is 1. The second-order valence-electron chi connectivity index (χ2n) is 7.46. The molecular formula is C22H33IN6O. The van der Waals surface area contributed by atoms with Crippen LogP contribution in [0.5, 0.6) is 0 Å². The van der Waals surface area contributed by atoms with Gasteiger partial charge in [-0.25, -0.2) is 9.79 Å². The average molecular weight is 524 g/mol. The summed E-state index contributed by atoms with van der Waals surface area (Å²) in [5.74, 6) is 0.861. The fourth-order valence-corrected chi connectivity index (χ4v) is 3.48. The lowest BCUT2D eigenvalue weighted by Gasteiger charge is -2.22. The number of anilines is 1. The van der Waals surface area contributed by atoms with Crippen LogP contribution in [0.2, 0.25) is 0 Å². The first-order valence-electron chi connectivity index (χ1n) is 10.3. The highest BCUT2D eigenvalue weighted by molar-refractivity contribution is 14.0. The van der Waals surface area contributed by atoms with Gasteiger partial charge in [-0.1, -0.05) is 12.1 Å². The number of nitrogens with zero attached hydrogens (tertiary/aromatic N) is 4. The van der Waals surface area contributed by atoms with Crippen molar-refractivity contribution in [3.63, 3.8) is 0 Å². The summed E-state index contributed by atoms with van der Waals surface area (Å²) < 4.78 is 2.12.